The summed E-state index contributed by atoms with van der Waals surface area (Å²) in [5.74, 6) is -0.784. The second-order valence-corrected chi connectivity index (χ2v) is 13.7. The highest BCUT2D eigenvalue weighted by atomic mass is 79.9. The third-order valence-electron chi connectivity index (χ3n) is 6.32. The quantitative estimate of drug-likeness (QED) is 0.311. The molecule has 1 N–H and O–H groups in total. The van der Waals surface area contributed by atoms with Gasteiger partial charge in [-0.1, -0.05) is 77.5 Å². The number of carbonyl (C=O) groups excluding carboxylic acids is 2. The van der Waals surface area contributed by atoms with Gasteiger partial charge < -0.3 is 10.2 Å². The highest BCUT2D eigenvalue weighted by molar-refractivity contribution is 9.10. The normalized spacial score (nSPS) is 12.4. The van der Waals surface area contributed by atoms with Crippen molar-refractivity contribution in [1.29, 1.82) is 0 Å². The first-order valence-electron chi connectivity index (χ1n) is 13.2. The molecular formula is C31H38BrN3O4S. The van der Waals surface area contributed by atoms with Gasteiger partial charge in [-0.25, -0.2) is 8.42 Å². The number of halogens is 1. The molecule has 3 aromatic carbocycles. The van der Waals surface area contributed by atoms with E-state index in [1.807, 2.05) is 94.4 Å². The second kappa shape index (κ2) is 13.5. The number of benzene rings is 3. The standard InChI is InChI=1S/C31H38BrN3O4S/c1-6-23-15-17-27(18-16-23)35(40(5,38)39)22-29(36)34(21-25-13-10-14-26(32)19-25)28(30(37)33-31(2,3)4)20-24-11-8-7-9-12-24/h7-19,28H,6,20-22H2,1-5H3,(H,33,37). The monoisotopic (exact) mass is 627 g/mol. The summed E-state index contributed by atoms with van der Waals surface area (Å²) in [5.41, 5.74) is 2.62. The van der Waals surface area contributed by atoms with E-state index >= 15 is 0 Å². The van der Waals surface area contributed by atoms with Gasteiger partial charge in [0, 0.05) is 23.0 Å². The lowest BCUT2D eigenvalue weighted by atomic mass is 10.0. The SMILES string of the molecule is CCc1ccc(N(CC(=O)N(Cc2cccc(Br)c2)C(Cc2ccccc2)C(=O)NC(C)(C)C)S(C)(=O)=O)cc1. The van der Waals surface area contributed by atoms with Gasteiger partial charge in [0.25, 0.3) is 0 Å². The number of amides is 2. The van der Waals surface area contributed by atoms with E-state index in [1.165, 1.54) is 4.90 Å². The van der Waals surface area contributed by atoms with E-state index in [0.717, 1.165) is 38.1 Å². The van der Waals surface area contributed by atoms with E-state index in [-0.39, 0.29) is 18.9 Å². The smallest absolute Gasteiger partial charge is 0.244 e. The maximum Gasteiger partial charge on any atom is 0.244 e. The lowest BCUT2D eigenvalue weighted by Gasteiger charge is -2.35. The molecule has 0 bridgehead atoms. The van der Waals surface area contributed by atoms with Crippen molar-refractivity contribution in [2.75, 3.05) is 17.1 Å². The molecule has 0 heterocycles. The Hall–Kier alpha value is -3.17. The van der Waals surface area contributed by atoms with E-state index in [2.05, 4.69) is 21.2 Å². The van der Waals surface area contributed by atoms with E-state index in [9.17, 15) is 18.0 Å². The fourth-order valence-electron chi connectivity index (χ4n) is 4.35. The van der Waals surface area contributed by atoms with Crippen LogP contribution >= 0.6 is 15.9 Å². The third kappa shape index (κ3) is 9.20. The molecule has 2 amide bonds. The fourth-order valence-corrected chi connectivity index (χ4v) is 5.65. The van der Waals surface area contributed by atoms with Crippen molar-refractivity contribution in [3.05, 3.63) is 100 Å². The van der Waals surface area contributed by atoms with E-state index < -0.39 is 34.1 Å². The Kier molecular flexibility index (Phi) is 10.6. The minimum absolute atomic E-state index is 0.125. The predicted octanol–water partition coefficient (Wildman–Crippen LogP) is 5.33. The Morgan fingerprint density at radius 1 is 0.900 bits per heavy atom. The number of sulfonamides is 1. The molecule has 1 atom stereocenters. The van der Waals surface area contributed by atoms with Gasteiger partial charge in [-0.2, -0.15) is 0 Å². The van der Waals surface area contributed by atoms with Crippen LogP contribution in [0.3, 0.4) is 0 Å². The number of rotatable bonds is 11. The highest BCUT2D eigenvalue weighted by Crippen LogP contribution is 2.22. The van der Waals surface area contributed by atoms with Crippen LogP contribution in [0.1, 0.15) is 44.4 Å². The zero-order chi connectivity index (χ0) is 29.5. The van der Waals surface area contributed by atoms with Gasteiger partial charge in [-0.05, 0) is 68.1 Å². The Balaban J connectivity index is 2.06. The van der Waals surface area contributed by atoms with Crippen LogP contribution in [0.15, 0.2) is 83.3 Å². The molecule has 0 saturated heterocycles. The van der Waals surface area contributed by atoms with Crippen molar-refractivity contribution in [3.63, 3.8) is 0 Å². The lowest BCUT2D eigenvalue weighted by molar-refractivity contribution is -0.140. The Morgan fingerprint density at radius 2 is 1.52 bits per heavy atom. The molecule has 40 heavy (non-hydrogen) atoms. The van der Waals surface area contributed by atoms with Crippen LogP contribution in [-0.4, -0.2) is 49.5 Å². The van der Waals surface area contributed by atoms with Gasteiger partial charge in [0.1, 0.15) is 12.6 Å². The van der Waals surface area contributed by atoms with E-state index in [4.69, 9.17) is 0 Å². The minimum atomic E-state index is -3.80. The summed E-state index contributed by atoms with van der Waals surface area (Å²) in [6.45, 7) is 7.36. The number of anilines is 1. The van der Waals surface area contributed by atoms with Crippen LogP contribution in [0.2, 0.25) is 0 Å². The average Bonchev–Trinajstić information content (AvgIpc) is 2.88. The molecule has 3 rings (SSSR count). The van der Waals surface area contributed by atoms with Crippen LogP contribution in [0, 0.1) is 0 Å². The number of aryl methyl sites for hydroxylation is 1. The summed E-state index contributed by atoms with van der Waals surface area (Å²) in [5, 5.41) is 3.03. The largest absolute Gasteiger partial charge is 0.350 e. The molecule has 0 radical (unpaired) electrons. The summed E-state index contributed by atoms with van der Waals surface area (Å²) < 4.78 is 27.7. The zero-order valence-corrected chi connectivity index (χ0v) is 26.1. The number of hydrogen-bond donors (Lipinski definition) is 1. The van der Waals surface area contributed by atoms with Crippen molar-refractivity contribution in [1.82, 2.24) is 10.2 Å². The Morgan fingerprint density at radius 3 is 2.08 bits per heavy atom. The Bertz CT molecular complexity index is 1400. The summed E-state index contributed by atoms with van der Waals surface area (Å²) in [7, 11) is -3.80. The lowest BCUT2D eigenvalue weighted by Crippen LogP contribution is -2.56. The van der Waals surface area contributed by atoms with E-state index in [1.54, 1.807) is 12.1 Å². The molecule has 0 aliphatic heterocycles. The van der Waals surface area contributed by atoms with Gasteiger partial charge in [0.2, 0.25) is 21.8 Å². The molecule has 0 aliphatic carbocycles. The van der Waals surface area contributed by atoms with Crippen molar-refractivity contribution in [2.45, 2.75) is 58.7 Å². The van der Waals surface area contributed by atoms with Crippen molar-refractivity contribution in [2.24, 2.45) is 0 Å². The number of carbonyl (C=O) groups is 2. The van der Waals surface area contributed by atoms with Crippen molar-refractivity contribution < 1.29 is 18.0 Å². The van der Waals surface area contributed by atoms with Crippen LogP contribution in [0.4, 0.5) is 5.69 Å². The number of nitrogens with one attached hydrogen (secondary N) is 1. The van der Waals surface area contributed by atoms with Gasteiger partial charge in [0.15, 0.2) is 0 Å². The van der Waals surface area contributed by atoms with Gasteiger partial charge in [-0.15, -0.1) is 0 Å². The summed E-state index contributed by atoms with van der Waals surface area (Å²) in [4.78, 5) is 29.4. The molecule has 9 heteroatoms. The molecule has 3 aromatic rings. The first-order valence-corrected chi connectivity index (χ1v) is 15.9. The molecule has 214 valence electrons. The molecule has 0 saturated carbocycles. The van der Waals surface area contributed by atoms with Crippen LogP contribution in [-0.2, 0) is 39.0 Å². The van der Waals surface area contributed by atoms with Crippen molar-refractivity contribution >= 4 is 43.5 Å². The van der Waals surface area contributed by atoms with Gasteiger partial charge in [0.05, 0.1) is 11.9 Å². The highest BCUT2D eigenvalue weighted by Gasteiger charge is 2.34. The van der Waals surface area contributed by atoms with Crippen LogP contribution < -0.4 is 9.62 Å². The van der Waals surface area contributed by atoms with Gasteiger partial charge in [-0.3, -0.25) is 13.9 Å². The van der Waals surface area contributed by atoms with Gasteiger partial charge >= 0.3 is 0 Å². The average molecular weight is 629 g/mol. The van der Waals surface area contributed by atoms with Crippen LogP contribution in [0.5, 0.6) is 0 Å². The minimum Gasteiger partial charge on any atom is -0.350 e. The molecule has 0 fully saturated rings. The number of nitrogens with zero attached hydrogens (tertiary/aromatic N) is 2. The number of hydrogen-bond acceptors (Lipinski definition) is 4. The predicted molar refractivity (Wildman–Crippen MR) is 165 cm³/mol. The van der Waals surface area contributed by atoms with Crippen LogP contribution in [0.25, 0.3) is 0 Å². The maximum atomic E-state index is 14.1. The molecule has 7 nitrogen and oxygen atoms in total. The Labute approximate surface area is 246 Å². The molecular weight excluding hydrogens is 590 g/mol. The summed E-state index contributed by atoms with van der Waals surface area (Å²) in [6.07, 6.45) is 2.16. The topological polar surface area (TPSA) is 86.8 Å². The van der Waals surface area contributed by atoms with Crippen molar-refractivity contribution in [3.8, 4) is 0 Å². The molecule has 0 spiro atoms. The molecule has 0 aliphatic rings. The third-order valence-corrected chi connectivity index (χ3v) is 7.96. The molecule has 1 unspecified atom stereocenters. The maximum absolute atomic E-state index is 14.1. The first kappa shape index (κ1) is 31.4. The second-order valence-electron chi connectivity index (χ2n) is 10.9. The fraction of sp³-hybridized carbons (Fsp3) is 0.355. The molecule has 0 aromatic heterocycles. The first-order chi connectivity index (χ1) is 18.8. The van der Waals surface area contributed by atoms with E-state index in [0.29, 0.717) is 5.69 Å². The summed E-state index contributed by atoms with van der Waals surface area (Å²) >= 11 is 3.49. The zero-order valence-electron chi connectivity index (χ0n) is 23.7. The summed E-state index contributed by atoms with van der Waals surface area (Å²) in [6, 6.07) is 23.3.